The fourth-order valence-electron chi connectivity index (χ4n) is 1.43. The summed E-state index contributed by atoms with van der Waals surface area (Å²) in [5, 5.41) is 12.4. The molecular formula is C13H18ClNO3. The number of rotatable bonds is 3. The van der Waals surface area contributed by atoms with E-state index in [-0.39, 0.29) is 6.61 Å². The fraction of sp³-hybridized carbons (Fsp3) is 0.462. The second kappa shape index (κ2) is 6.07. The lowest BCUT2D eigenvalue weighted by atomic mass is 10.1. The van der Waals surface area contributed by atoms with Crippen LogP contribution in [0, 0.1) is 0 Å². The van der Waals surface area contributed by atoms with Crippen molar-refractivity contribution in [2.45, 2.75) is 32.4 Å². The Bertz CT molecular complexity index is 415. The highest BCUT2D eigenvalue weighted by Crippen LogP contribution is 2.22. The topological polar surface area (TPSA) is 58.6 Å². The van der Waals surface area contributed by atoms with Crippen LogP contribution in [0.3, 0.4) is 0 Å². The molecule has 1 amide bonds. The molecule has 1 atom stereocenters. The first-order valence-corrected chi connectivity index (χ1v) is 6.06. The summed E-state index contributed by atoms with van der Waals surface area (Å²) in [5.74, 6) is 0. The molecule has 0 heterocycles. The zero-order valence-corrected chi connectivity index (χ0v) is 11.5. The predicted octanol–water partition coefficient (Wildman–Crippen LogP) is 2.90. The van der Waals surface area contributed by atoms with Gasteiger partial charge in [-0.25, -0.2) is 4.79 Å². The lowest BCUT2D eigenvalue weighted by Gasteiger charge is -2.23. The van der Waals surface area contributed by atoms with E-state index < -0.39 is 17.7 Å². The number of nitrogens with one attached hydrogen (secondary N) is 1. The van der Waals surface area contributed by atoms with Crippen molar-refractivity contribution in [3.63, 3.8) is 0 Å². The van der Waals surface area contributed by atoms with Crippen LogP contribution >= 0.6 is 11.6 Å². The molecule has 0 aliphatic carbocycles. The zero-order valence-electron chi connectivity index (χ0n) is 10.7. The number of hydrogen-bond donors (Lipinski definition) is 2. The van der Waals surface area contributed by atoms with Gasteiger partial charge in [0.15, 0.2) is 0 Å². The first-order chi connectivity index (χ1) is 8.33. The molecule has 1 rings (SSSR count). The molecule has 0 radical (unpaired) electrons. The van der Waals surface area contributed by atoms with Gasteiger partial charge in [-0.3, -0.25) is 0 Å². The monoisotopic (exact) mass is 271 g/mol. The summed E-state index contributed by atoms with van der Waals surface area (Å²) < 4.78 is 5.13. The maximum Gasteiger partial charge on any atom is 0.408 e. The average Bonchev–Trinajstić information content (AvgIpc) is 2.24. The molecule has 2 N–H and O–H groups in total. The van der Waals surface area contributed by atoms with Gasteiger partial charge in [0, 0.05) is 5.02 Å². The fourth-order valence-corrected chi connectivity index (χ4v) is 1.70. The van der Waals surface area contributed by atoms with Gasteiger partial charge in [0.05, 0.1) is 12.6 Å². The summed E-state index contributed by atoms with van der Waals surface area (Å²) in [6.07, 6.45) is -0.582. The van der Waals surface area contributed by atoms with Crippen molar-refractivity contribution < 1.29 is 14.6 Å². The first-order valence-electron chi connectivity index (χ1n) is 5.68. The van der Waals surface area contributed by atoms with Gasteiger partial charge < -0.3 is 15.2 Å². The first kappa shape index (κ1) is 14.8. The number of ether oxygens (including phenoxy) is 1. The highest BCUT2D eigenvalue weighted by molar-refractivity contribution is 6.31. The van der Waals surface area contributed by atoms with Crippen molar-refractivity contribution in [2.75, 3.05) is 6.61 Å². The molecule has 0 fully saturated rings. The van der Waals surface area contributed by atoms with E-state index in [0.717, 1.165) is 0 Å². The van der Waals surface area contributed by atoms with E-state index in [1.54, 1.807) is 45.0 Å². The second-order valence-corrected chi connectivity index (χ2v) is 5.31. The zero-order chi connectivity index (χ0) is 13.8. The van der Waals surface area contributed by atoms with Crippen LogP contribution < -0.4 is 5.32 Å². The Morgan fingerprint density at radius 1 is 1.44 bits per heavy atom. The molecule has 0 saturated heterocycles. The van der Waals surface area contributed by atoms with Crippen LogP contribution in [0.4, 0.5) is 4.79 Å². The Morgan fingerprint density at radius 3 is 2.56 bits per heavy atom. The Morgan fingerprint density at radius 2 is 2.06 bits per heavy atom. The number of amides is 1. The molecule has 0 unspecified atom stereocenters. The molecule has 18 heavy (non-hydrogen) atoms. The number of hydrogen-bond acceptors (Lipinski definition) is 3. The summed E-state index contributed by atoms with van der Waals surface area (Å²) in [6.45, 7) is 5.07. The SMILES string of the molecule is CC(C)(C)OC(=O)N[C@H](CO)c1ccccc1Cl. The lowest BCUT2D eigenvalue weighted by molar-refractivity contribution is 0.0482. The maximum absolute atomic E-state index is 11.6. The Labute approximate surface area is 112 Å². The van der Waals surface area contributed by atoms with Gasteiger partial charge in [-0.1, -0.05) is 29.8 Å². The largest absolute Gasteiger partial charge is 0.444 e. The minimum absolute atomic E-state index is 0.247. The molecule has 0 bridgehead atoms. The van der Waals surface area contributed by atoms with Gasteiger partial charge in [0.1, 0.15) is 5.60 Å². The van der Waals surface area contributed by atoms with E-state index in [4.69, 9.17) is 16.3 Å². The predicted molar refractivity (Wildman–Crippen MR) is 70.6 cm³/mol. The molecule has 1 aromatic carbocycles. The van der Waals surface area contributed by atoms with E-state index in [1.807, 2.05) is 0 Å². The summed E-state index contributed by atoms with van der Waals surface area (Å²) >= 11 is 6.01. The molecular weight excluding hydrogens is 254 g/mol. The molecule has 1 aromatic rings. The molecule has 0 spiro atoms. The Kier molecular flexibility index (Phi) is 4.99. The van der Waals surface area contributed by atoms with Gasteiger partial charge >= 0.3 is 6.09 Å². The van der Waals surface area contributed by atoms with Crippen LogP contribution in [0.25, 0.3) is 0 Å². The van der Waals surface area contributed by atoms with E-state index >= 15 is 0 Å². The van der Waals surface area contributed by atoms with Gasteiger partial charge in [-0.2, -0.15) is 0 Å². The van der Waals surface area contributed by atoms with Gasteiger partial charge in [-0.15, -0.1) is 0 Å². The number of aliphatic hydroxyl groups is 1. The summed E-state index contributed by atoms with van der Waals surface area (Å²) in [5.41, 5.74) is 0.0809. The number of halogens is 1. The van der Waals surface area contributed by atoms with Gasteiger partial charge in [-0.05, 0) is 32.4 Å². The van der Waals surface area contributed by atoms with Crippen molar-refractivity contribution in [1.29, 1.82) is 0 Å². The minimum atomic E-state index is -0.582. The summed E-state index contributed by atoms with van der Waals surface area (Å²) in [7, 11) is 0. The third-order valence-corrected chi connectivity index (χ3v) is 2.50. The van der Waals surface area contributed by atoms with E-state index in [1.165, 1.54) is 0 Å². The highest BCUT2D eigenvalue weighted by Gasteiger charge is 2.21. The number of carbonyl (C=O) groups excluding carboxylic acids is 1. The van der Waals surface area contributed by atoms with Crippen LogP contribution in [0.15, 0.2) is 24.3 Å². The van der Waals surface area contributed by atoms with Gasteiger partial charge in [0.25, 0.3) is 0 Å². The van der Waals surface area contributed by atoms with Crippen LogP contribution in [0.2, 0.25) is 5.02 Å². The minimum Gasteiger partial charge on any atom is -0.444 e. The standard InChI is InChI=1S/C13H18ClNO3/c1-13(2,3)18-12(17)15-11(8-16)9-6-4-5-7-10(9)14/h4-7,11,16H,8H2,1-3H3,(H,15,17)/t11-/m1/s1. The molecule has 4 nitrogen and oxygen atoms in total. The molecule has 100 valence electrons. The smallest absolute Gasteiger partial charge is 0.408 e. The van der Waals surface area contributed by atoms with Crippen LogP contribution in [-0.4, -0.2) is 23.4 Å². The number of alkyl carbamates (subject to hydrolysis) is 1. The van der Waals surface area contributed by atoms with Crippen molar-refractivity contribution in [3.05, 3.63) is 34.9 Å². The van der Waals surface area contributed by atoms with Crippen molar-refractivity contribution in [1.82, 2.24) is 5.32 Å². The normalized spacial score (nSPS) is 12.9. The van der Waals surface area contributed by atoms with E-state index in [2.05, 4.69) is 5.32 Å². The van der Waals surface area contributed by atoms with Gasteiger partial charge in [0.2, 0.25) is 0 Å². The van der Waals surface area contributed by atoms with Crippen LogP contribution in [0.1, 0.15) is 32.4 Å². The average molecular weight is 272 g/mol. The van der Waals surface area contributed by atoms with Crippen molar-refractivity contribution in [2.24, 2.45) is 0 Å². The van der Waals surface area contributed by atoms with Crippen molar-refractivity contribution >= 4 is 17.7 Å². The number of carbonyl (C=O) groups is 1. The molecule has 0 aromatic heterocycles. The molecule has 5 heteroatoms. The molecule has 0 saturated carbocycles. The Hall–Kier alpha value is -1.26. The summed E-state index contributed by atoms with van der Waals surface area (Å²) in [4.78, 5) is 11.6. The number of benzene rings is 1. The third-order valence-electron chi connectivity index (χ3n) is 2.15. The lowest BCUT2D eigenvalue weighted by Crippen LogP contribution is -2.36. The quantitative estimate of drug-likeness (QED) is 0.889. The van der Waals surface area contributed by atoms with E-state index in [9.17, 15) is 9.90 Å². The maximum atomic E-state index is 11.6. The summed E-state index contributed by atoms with van der Waals surface area (Å²) in [6, 6.07) is 6.46. The Balaban J connectivity index is 2.74. The third kappa shape index (κ3) is 4.55. The van der Waals surface area contributed by atoms with Crippen LogP contribution in [0.5, 0.6) is 0 Å². The number of aliphatic hydroxyl groups excluding tert-OH is 1. The highest BCUT2D eigenvalue weighted by atomic mass is 35.5. The van der Waals surface area contributed by atoms with Crippen LogP contribution in [-0.2, 0) is 4.74 Å². The second-order valence-electron chi connectivity index (χ2n) is 4.90. The molecule has 0 aliphatic heterocycles. The van der Waals surface area contributed by atoms with Crippen molar-refractivity contribution in [3.8, 4) is 0 Å². The van der Waals surface area contributed by atoms with E-state index in [0.29, 0.717) is 10.6 Å². The molecule has 0 aliphatic rings.